The number of hydrogen-bond acceptors (Lipinski definition) is 5. The molecule has 3 N–H and O–H groups in total. The molecule has 6 heteroatoms. The largest absolute Gasteiger partial charge is 0.490 e. The molecule has 1 aliphatic rings. The van der Waals surface area contributed by atoms with Crippen molar-refractivity contribution in [3.05, 3.63) is 42.6 Å². The second-order valence-corrected chi connectivity index (χ2v) is 6.63. The van der Waals surface area contributed by atoms with Gasteiger partial charge in [-0.2, -0.15) is 10.2 Å². The van der Waals surface area contributed by atoms with Gasteiger partial charge in [0.25, 0.3) is 0 Å². The Bertz CT molecular complexity index is 926. The minimum atomic E-state index is -0.535. The number of benzene rings is 2. The third kappa shape index (κ3) is 3.05. The summed E-state index contributed by atoms with van der Waals surface area (Å²) in [6.45, 7) is 1.23. The van der Waals surface area contributed by atoms with Gasteiger partial charge in [0.2, 0.25) is 0 Å². The van der Waals surface area contributed by atoms with Crippen LogP contribution in [0.2, 0.25) is 6.82 Å². The summed E-state index contributed by atoms with van der Waals surface area (Å²) in [5.41, 5.74) is 10.1. The summed E-state index contributed by atoms with van der Waals surface area (Å²) in [4.78, 5) is 0. The molecule has 1 saturated carbocycles. The summed E-state index contributed by atoms with van der Waals surface area (Å²) in [5.74, 6) is 0.838. The predicted octanol–water partition coefficient (Wildman–Crippen LogP) is 2.63. The zero-order valence-electron chi connectivity index (χ0n) is 14.1. The van der Waals surface area contributed by atoms with E-state index >= 15 is 0 Å². The molecule has 5 nitrogen and oxygen atoms in total. The van der Waals surface area contributed by atoms with Gasteiger partial charge >= 0.3 is 6.92 Å². The number of fused-ring (bicyclic) bond motifs is 1. The molecule has 0 aliphatic heterocycles. The molecule has 0 bridgehead atoms. The van der Waals surface area contributed by atoms with Crippen molar-refractivity contribution in [3.63, 3.8) is 0 Å². The van der Waals surface area contributed by atoms with Crippen molar-refractivity contribution in [1.29, 1.82) is 0 Å². The smallest absolute Gasteiger partial charge is 0.320 e. The van der Waals surface area contributed by atoms with Crippen molar-refractivity contribution in [2.75, 3.05) is 5.73 Å². The lowest BCUT2D eigenvalue weighted by atomic mass is 9.64. The molecule has 0 amide bonds. The monoisotopic (exact) mass is 333 g/mol. The fraction of sp³-hybridized carbons (Fsp3) is 0.263. The molecule has 1 fully saturated rings. The second kappa shape index (κ2) is 6.37. The Labute approximate surface area is 147 Å². The Morgan fingerprint density at radius 3 is 2.76 bits per heavy atom. The summed E-state index contributed by atoms with van der Waals surface area (Å²) in [5, 5.41) is 19.0. The molecule has 25 heavy (non-hydrogen) atoms. The zero-order chi connectivity index (χ0) is 17.4. The first-order valence-corrected chi connectivity index (χ1v) is 8.62. The average molecular weight is 333 g/mol. The highest BCUT2D eigenvalue weighted by molar-refractivity contribution is 6.64. The van der Waals surface area contributed by atoms with Crippen molar-refractivity contribution >= 4 is 29.0 Å². The van der Waals surface area contributed by atoms with Crippen LogP contribution in [0.5, 0.6) is 5.75 Å². The third-order valence-corrected chi connectivity index (χ3v) is 4.81. The van der Waals surface area contributed by atoms with Crippen LogP contribution in [0.1, 0.15) is 19.3 Å². The quantitative estimate of drug-likeness (QED) is 0.718. The molecular formula is C19H20BN3O2. The number of nitrogens with zero attached hydrogens (tertiary/aromatic N) is 2. The highest BCUT2D eigenvalue weighted by atomic mass is 16.5. The van der Waals surface area contributed by atoms with Gasteiger partial charge in [-0.3, -0.25) is 0 Å². The molecule has 1 heterocycles. The van der Waals surface area contributed by atoms with E-state index in [9.17, 15) is 5.02 Å². The summed E-state index contributed by atoms with van der Waals surface area (Å²) in [6, 6.07) is 11.8. The van der Waals surface area contributed by atoms with Crippen LogP contribution >= 0.6 is 0 Å². The maximum atomic E-state index is 9.95. The topological polar surface area (TPSA) is 81.3 Å². The van der Waals surface area contributed by atoms with Gasteiger partial charge in [0.05, 0.1) is 23.5 Å². The fourth-order valence-electron chi connectivity index (χ4n) is 3.05. The molecule has 0 radical (unpaired) electrons. The van der Waals surface area contributed by atoms with Crippen molar-refractivity contribution in [2.45, 2.75) is 32.2 Å². The molecule has 3 aromatic rings. The van der Waals surface area contributed by atoms with E-state index in [-0.39, 0.29) is 6.10 Å². The lowest BCUT2D eigenvalue weighted by molar-refractivity contribution is 0.121. The number of aromatic nitrogens is 2. The van der Waals surface area contributed by atoms with Crippen LogP contribution in [0, 0.1) is 0 Å². The lowest BCUT2D eigenvalue weighted by Crippen LogP contribution is -2.28. The van der Waals surface area contributed by atoms with Crippen molar-refractivity contribution < 1.29 is 9.76 Å². The Hall–Kier alpha value is -2.60. The molecule has 1 aromatic heterocycles. The molecule has 2 aromatic carbocycles. The first-order chi connectivity index (χ1) is 12.1. The van der Waals surface area contributed by atoms with Gasteiger partial charge < -0.3 is 15.5 Å². The molecule has 0 atom stereocenters. The van der Waals surface area contributed by atoms with Gasteiger partial charge in [-0.25, -0.2) is 0 Å². The van der Waals surface area contributed by atoms with Crippen LogP contribution in [0.4, 0.5) is 5.69 Å². The highest BCUT2D eigenvalue weighted by Crippen LogP contribution is 2.35. The van der Waals surface area contributed by atoms with E-state index in [1.807, 2.05) is 36.4 Å². The van der Waals surface area contributed by atoms with Crippen molar-refractivity contribution in [2.24, 2.45) is 0 Å². The van der Waals surface area contributed by atoms with Crippen LogP contribution in [0.3, 0.4) is 0 Å². The third-order valence-electron chi connectivity index (χ3n) is 4.81. The van der Waals surface area contributed by atoms with Gasteiger partial charge in [-0.15, -0.1) is 0 Å². The maximum absolute atomic E-state index is 9.95. The Morgan fingerprint density at radius 2 is 2.04 bits per heavy atom. The van der Waals surface area contributed by atoms with Crippen molar-refractivity contribution in [1.82, 2.24) is 10.2 Å². The van der Waals surface area contributed by atoms with Gasteiger partial charge in [0, 0.05) is 10.9 Å². The van der Waals surface area contributed by atoms with E-state index in [1.54, 1.807) is 13.0 Å². The molecule has 1 aliphatic carbocycles. The number of nitrogen functional groups attached to an aromatic ring is 1. The standard InChI is InChI=1S/C19H20BN3O2/c1-20(24)13-6-8-19(25-14-3-2-4-14)16(10-13)12-5-7-15-17(21)11-22-23-18(15)9-12/h5-11,14,24H,2-4H2,1H3,(H2,21,23). The average Bonchev–Trinajstić information content (AvgIpc) is 2.58. The highest BCUT2D eigenvalue weighted by Gasteiger charge is 2.21. The van der Waals surface area contributed by atoms with E-state index in [0.717, 1.165) is 46.1 Å². The SMILES string of the molecule is CB(O)c1ccc(OC2CCC2)c(-c2ccc3c(N)cnnc3c2)c1. The van der Waals surface area contributed by atoms with Gasteiger partial charge in [0.15, 0.2) is 0 Å². The van der Waals surface area contributed by atoms with Gasteiger partial charge in [-0.05, 0) is 48.5 Å². The van der Waals surface area contributed by atoms with E-state index in [2.05, 4.69) is 10.2 Å². The Balaban J connectivity index is 1.82. The van der Waals surface area contributed by atoms with Gasteiger partial charge in [-0.1, -0.05) is 25.0 Å². The van der Waals surface area contributed by atoms with E-state index < -0.39 is 6.92 Å². The Kier molecular flexibility index (Phi) is 4.05. The minimum Gasteiger partial charge on any atom is -0.490 e. The van der Waals surface area contributed by atoms with Crippen LogP contribution < -0.4 is 15.9 Å². The van der Waals surface area contributed by atoms with Crippen LogP contribution in [-0.4, -0.2) is 28.2 Å². The molecule has 0 unspecified atom stereocenters. The normalized spacial score (nSPS) is 14.3. The van der Waals surface area contributed by atoms with E-state index in [0.29, 0.717) is 5.69 Å². The van der Waals surface area contributed by atoms with Gasteiger partial charge in [0.1, 0.15) is 5.75 Å². The number of ether oxygens (including phenoxy) is 1. The molecule has 126 valence electrons. The number of hydrogen-bond donors (Lipinski definition) is 2. The summed E-state index contributed by atoms with van der Waals surface area (Å²) in [7, 11) is 0. The minimum absolute atomic E-state index is 0.284. The molecule has 4 rings (SSSR count). The summed E-state index contributed by atoms with van der Waals surface area (Å²) >= 11 is 0. The maximum Gasteiger partial charge on any atom is 0.320 e. The lowest BCUT2D eigenvalue weighted by Gasteiger charge is -2.28. The van der Waals surface area contributed by atoms with E-state index in [4.69, 9.17) is 10.5 Å². The summed E-state index contributed by atoms with van der Waals surface area (Å²) < 4.78 is 6.16. The van der Waals surface area contributed by atoms with Crippen molar-refractivity contribution in [3.8, 4) is 16.9 Å². The molecule has 0 saturated heterocycles. The number of anilines is 1. The Morgan fingerprint density at radius 1 is 1.20 bits per heavy atom. The number of nitrogens with two attached hydrogens (primary N) is 1. The second-order valence-electron chi connectivity index (χ2n) is 6.63. The summed E-state index contributed by atoms with van der Waals surface area (Å²) in [6.07, 6.45) is 5.25. The molecular weight excluding hydrogens is 313 g/mol. The van der Waals surface area contributed by atoms with Crippen LogP contribution in [0.15, 0.2) is 42.6 Å². The van der Waals surface area contributed by atoms with Crippen LogP contribution in [0.25, 0.3) is 22.0 Å². The zero-order valence-corrected chi connectivity index (χ0v) is 14.1. The first-order valence-electron chi connectivity index (χ1n) is 8.62. The fourth-order valence-corrected chi connectivity index (χ4v) is 3.05. The number of rotatable bonds is 4. The first kappa shape index (κ1) is 15.9. The van der Waals surface area contributed by atoms with Crippen LogP contribution in [-0.2, 0) is 0 Å². The predicted molar refractivity (Wildman–Crippen MR) is 101 cm³/mol. The van der Waals surface area contributed by atoms with E-state index in [1.165, 1.54) is 6.42 Å². The molecule has 0 spiro atoms.